The van der Waals surface area contributed by atoms with E-state index in [1.165, 1.54) is 15.9 Å². The number of aromatic nitrogens is 2. The summed E-state index contributed by atoms with van der Waals surface area (Å²) in [6.45, 7) is 1.23. The van der Waals surface area contributed by atoms with E-state index in [2.05, 4.69) is 10.3 Å². The molecule has 0 aliphatic carbocycles. The number of carbonyl (C=O) groups is 2. The Morgan fingerprint density at radius 3 is 3.08 bits per heavy atom. The molecule has 2 aromatic heterocycles. The number of rotatable bonds is 8. The third-order valence-corrected chi connectivity index (χ3v) is 5.83. The summed E-state index contributed by atoms with van der Waals surface area (Å²) in [5.74, 6) is -1.06. The van der Waals surface area contributed by atoms with Gasteiger partial charge in [0.25, 0.3) is 5.56 Å². The van der Waals surface area contributed by atoms with Gasteiger partial charge in [-0.15, -0.1) is 11.3 Å². The Kier molecular flexibility index (Phi) is 6.28. The summed E-state index contributed by atoms with van der Waals surface area (Å²) in [7, 11) is 0. The van der Waals surface area contributed by atoms with E-state index in [0.717, 1.165) is 31.2 Å². The van der Waals surface area contributed by atoms with Crippen LogP contribution in [0.15, 0.2) is 21.4 Å². The Morgan fingerprint density at radius 1 is 1.50 bits per heavy atom. The first-order chi connectivity index (χ1) is 12.5. The summed E-state index contributed by atoms with van der Waals surface area (Å²) >= 11 is 2.40. The topological polar surface area (TPSA) is 111 Å². The maximum absolute atomic E-state index is 12.6. The lowest BCUT2D eigenvalue weighted by Crippen LogP contribution is -2.33. The van der Waals surface area contributed by atoms with Gasteiger partial charge in [-0.1, -0.05) is 11.8 Å². The monoisotopic (exact) mass is 397 g/mol. The van der Waals surface area contributed by atoms with E-state index in [1.54, 1.807) is 11.4 Å². The molecule has 140 valence electrons. The quantitative estimate of drug-likeness (QED) is 0.510. The minimum Gasteiger partial charge on any atom is -0.481 e. The van der Waals surface area contributed by atoms with Crippen molar-refractivity contribution in [3.63, 3.8) is 0 Å². The molecule has 2 aromatic rings. The molecular formula is C16H19N3O5S2. The van der Waals surface area contributed by atoms with Crippen LogP contribution in [0.1, 0.15) is 19.3 Å². The number of hydrogen-bond donors (Lipinski definition) is 2. The predicted molar refractivity (Wildman–Crippen MR) is 98.8 cm³/mol. The van der Waals surface area contributed by atoms with Crippen LogP contribution in [-0.2, 0) is 20.9 Å². The predicted octanol–water partition coefficient (Wildman–Crippen LogP) is 1.32. The molecule has 1 saturated heterocycles. The molecule has 0 aromatic carbocycles. The number of thioether (sulfide) groups is 1. The van der Waals surface area contributed by atoms with Crippen LogP contribution in [0, 0.1) is 0 Å². The summed E-state index contributed by atoms with van der Waals surface area (Å²) in [5, 5.41) is 13.8. The van der Waals surface area contributed by atoms with Gasteiger partial charge in [-0.05, 0) is 24.3 Å². The van der Waals surface area contributed by atoms with Crippen LogP contribution >= 0.6 is 23.1 Å². The Labute approximate surface area is 157 Å². The number of nitrogens with one attached hydrogen (secondary N) is 1. The van der Waals surface area contributed by atoms with Crippen LogP contribution < -0.4 is 10.9 Å². The van der Waals surface area contributed by atoms with E-state index in [0.29, 0.717) is 21.9 Å². The van der Waals surface area contributed by atoms with Crippen LogP contribution in [0.4, 0.5) is 0 Å². The fourth-order valence-corrected chi connectivity index (χ4v) is 4.29. The second-order valence-corrected chi connectivity index (χ2v) is 7.72. The standard InChI is InChI=1S/C16H19N3O5S2/c20-12(17-8-10-2-1-6-24-10)9-26-16-18-11-4-7-25-14(11)15(23)19(16)5-3-13(21)22/h4,7,10H,1-3,5-6,8-9H2,(H,17,20)(H,21,22). The molecule has 8 nitrogen and oxygen atoms in total. The van der Waals surface area contributed by atoms with Crippen molar-refractivity contribution in [2.75, 3.05) is 18.9 Å². The van der Waals surface area contributed by atoms with Crippen molar-refractivity contribution < 1.29 is 19.4 Å². The van der Waals surface area contributed by atoms with Crippen LogP contribution in [0.2, 0.25) is 0 Å². The van der Waals surface area contributed by atoms with Crippen molar-refractivity contribution in [3.8, 4) is 0 Å². The average Bonchev–Trinajstić information content (AvgIpc) is 3.28. The van der Waals surface area contributed by atoms with E-state index < -0.39 is 5.97 Å². The number of carboxylic acids is 1. The fraction of sp³-hybridized carbons (Fsp3) is 0.500. The Hall–Kier alpha value is -1.91. The number of carboxylic acid groups (broad SMARTS) is 1. The molecule has 3 rings (SSSR count). The minimum absolute atomic E-state index is 0.0227. The lowest BCUT2D eigenvalue weighted by Gasteiger charge is -2.12. The number of fused-ring (bicyclic) bond motifs is 1. The van der Waals surface area contributed by atoms with E-state index in [1.807, 2.05) is 0 Å². The molecule has 26 heavy (non-hydrogen) atoms. The van der Waals surface area contributed by atoms with Gasteiger partial charge in [-0.2, -0.15) is 0 Å². The molecule has 1 amide bonds. The average molecular weight is 397 g/mol. The Balaban J connectivity index is 1.68. The van der Waals surface area contributed by atoms with E-state index in [-0.39, 0.29) is 36.3 Å². The highest BCUT2D eigenvalue weighted by molar-refractivity contribution is 7.99. The van der Waals surface area contributed by atoms with Gasteiger partial charge in [0.15, 0.2) is 5.16 Å². The van der Waals surface area contributed by atoms with Gasteiger partial charge in [-0.25, -0.2) is 4.98 Å². The largest absolute Gasteiger partial charge is 0.481 e. The minimum atomic E-state index is -0.992. The molecule has 1 fully saturated rings. The van der Waals surface area contributed by atoms with E-state index in [4.69, 9.17) is 9.84 Å². The number of ether oxygens (including phenoxy) is 1. The third kappa shape index (κ3) is 4.63. The summed E-state index contributed by atoms with van der Waals surface area (Å²) in [5.41, 5.74) is 0.294. The van der Waals surface area contributed by atoms with Crippen LogP contribution in [0.3, 0.4) is 0 Å². The second kappa shape index (κ2) is 8.65. The summed E-state index contributed by atoms with van der Waals surface area (Å²) < 4.78 is 7.29. The lowest BCUT2D eigenvalue weighted by atomic mass is 10.2. The Bertz CT molecular complexity index is 857. The van der Waals surface area contributed by atoms with Crippen LogP contribution in [0.5, 0.6) is 0 Å². The number of aliphatic carboxylic acids is 1. The van der Waals surface area contributed by atoms with Crippen LogP contribution in [0.25, 0.3) is 10.2 Å². The lowest BCUT2D eigenvalue weighted by molar-refractivity contribution is -0.137. The van der Waals surface area contributed by atoms with Crippen molar-refractivity contribution in [3.05, 3.63) is 21.8 Å². The maximum atomic E-state index is 12.6. The highest BCUT2D eigenvalue weighted by Gasteiger charge is 2.18. The van der Waals surface area contributed by atoms with Gasteiger partial charge in [0, 0.05) is 19.7 Å². The smallest absolute Gasteiger partial charge is 0.305 e. The first-order valence-electron chi connectivity index (χ1n) is 8.25. The molecule has 0 bridgehead atoms. The van der Waals surface area contributed by atoms with Crippen molar-refractivity contribution in [2.45, 2.75) is 37.1 Å². The van der Waals surface area contributed by atoms with Crippen molar-refractivity contribution in [1.29, 1.82) is 0 Å². The number of thiophene rings is 1. The van der Waals surface area contributed by atoms with Crippen molar-refractivity contribution >= 4 is 45.2 Å². The molecule has 0 radical (unpaired) electrons. The molecule has 1 unspecified atom stereocenters. The third-order valence-electron chi connectivity index (χ3n) is 3.96. The highest BCUT2D eigenvalue weighted by Crippen LogP contribution is 2.21. The highest BCUT2D eigenvalue weighted by atomic mass is 32.2. The number of amides is 1. The van der Waals surface area contributed by atoms with Gasteiger partial charge in [0.2, 0.25) is 5.91 Å². The second-order valence-electron chi connectivity index (χ2n) is 5.86. The molecule has 1 atom stereocenters. The molecule has 0 spiro atoms. The Morgan fingerprint density at radius 2 is 2.35 bits per heavy atom. The zero-order valence-corrected chi connectivity index (χ0v) is 15.6. The normalized spacial score (nSPS) is 16.8. The zero-order valence-electron chi connectivity index (χ0n) is 14.0. The maximum Gasteiger partial charge on any atom is 0.305 e. The number of nitrogens with zero attached hydrogens (tertiary/aromatic N) is 2. The molecule has 0 saturated carbocycles. The fourth-order valence-electron chi connectivity index (χ4n) is 2.65. The van der Waals surface area contributed by atoms with Crippen molar-refractivity contribution in [1.82, 2.24) is 14.9 Å². The SMILES string of the molecule is O=C(O)CCn1c(SCC(=O)NCC2CCCO2)nc2ccsc2c1=O. The molecule has 10 heteroatoms. The van der Waals surface area contributed by atoms with Gasteiger partial charge >= 0.3 is 5.97 Å². The van der Waals surface area contributed by atoms with Gasteiger partial charge in [0.05, 0.1) is 23.8 Å². The van der Waals surface area contributed by atoms with E-state index >= 15 is 0 Å². The molecule has 1 aliphatic heterocycles. The van der Waals surface area contributed by atoms with E-state index in [9.17, 15) is 14.4 Å². The number of carbonyl (C=O) groups excluding carboxylic acids is 1. The zero-order chi connectivity index (χ0) is 18.5. The van der Waals surface area contributed by atoms with Gasteiger partial charge in [-0.3, -0.25) is 19.0 Å². The van der Waals surface area contributed by atoms with Gasteiger partial charge in [0.1, 0.15) is 4.70 Å². The van der Waals surface area contributed by atoms with Gasteiger partial charge < -0.3 is 15.2 Å². The molecule has 3 heterocycles. The molecule has 1 aliphatic rings. The first kappa shape index (κ1) is 18.9. The van der Waals surface area contributed by atoms with Crippen LogP contribution in [-0.4, -0.2) is 51.5 Å². The van der Waals surface area contributed by atoms with Crippen molar-refractivity contribution in [2.24, 2.45) is 0 Å². The molecular weight excluding hydrogens is 378 g/mol. The first-order valence-corrected chi connectivity index (χ1v) is 10.1. The number of hydrogen-bond acceptors (Lipinski definition) is 7. The summed E-state index contributed by atoms with van der Waals surface area (Å²) in [4.78, 5) is 39.9. The summed E-state index contributed by atoms with van der Waals surface area (Å²) in [6, 6.07) is 1.74. The summed E-state index contributed by atoms with van der Waals surface area (Å²) in [6.07, 6.45) is 1.84. The molecule has 2 N–H and O–H groups in total.